The van der Waals surface area contributed by atoms with Gasteiger partial charge in [0.2, 0.25) is 0 Å². The quantitative estimate of drug-likeness (QED) is 0.694. The van der Waals surface area contributed by atoms with Crippen molar-refractivity contribution in [3.63, 3.8) is 0 Å². The van der Waals surface area contributed by atoms with E-state index in [9.17, 15) is 4.79 Å². The lowest BCUT2D eigenvalue weighted by Crippen LogP contribution is -2.06. The van der Waals surface area contributed by atoms with Crippen molar-refractivity contribution in [1.29, 1.82) is 0 Å². The minimum absolute atomic E-state index is 0.295. The second-order valence-electron chi connectivity index (χ2n) is 5.59. The number of hydrogen-bond acceptors (Lipinski definition) is 4. The minimum atomic E-state index is -0.295. The molecule has 0 atom stereocenters. The van der Waals surface area contributed by atoms with Crippen LogP contribution in [-0.2, 0) is 11.3 Å². The molecular formula is C18H19N3O2. The van der Waals surface area contributed by atoms with Gasteiger partial charge < -0.3 is 4.74 Å². The lowest BCUT2D eigenvalue weighted by molar-refractivity contribution is 0.0526. The number of benzene rings is 2. The van der Waals surface area contributed by atoms with Gasteiger partial charge in [-0.1, -0.05) is 17.3 Å². The summed E-state index contributed by atoms with van der Waals surface area (Å²) in [5, 5.41) is 8.46. The molecular weight excluding hydrogens is 290 g/mol. The molecule has 0 saturated heterocycles. The maximum absolute atomic E-state index is 11.7. The summed E-state index contributed by atoms with van der Waals surface area (Å²) in [5.41, 5.74) is 5.97. The second-order valence-corrected chi connectivity index (χ2v) is 5.59. The molecule has 23 heavy (non-hydrogen) atoms. The Morgan fingerprint density at radius 3 is 2.52 bits per heavy atom. The number of rotatable bonds is 4. The number of fused-ring (bicyclic) bond motifs is 1. The Kier molecular flexibility index (Phi) is 4.10. The van der Waals surface area contributed by atoms with Crippen LogP contribution in [0.25, 0.3) is 11.0 Å². The largest absolute Gasteiger partial charge is 0.462 e. The zero-order valence-corrected chi connectivity index (χ0v) is 13.5. The van der Waals surface area contributed by atoms with E-state index in [4.69, 9.17) is 4.74 Å². The molecule has 3 aromatic rings. The lowest BCUT2D eigenvalue weighted by atomic mass is 10.1. The summed E-state index contributed by atoms with van der Waals surface area (Å²) in [6.45, 7) is 6.94. The number of nitrogens with zero attached hydrogens (tertiary/aromatic N) is 3. The van der Waals surface area contributed by atoms with Crippen molar-refractivity contribution in [3.8, 4) is 0 Å². The summed E-state index contributed by atoms with van der Waals surface area (Å²) >= 11 is 0. The van der Waals surface area contributed by atoms with Crippen molar-refractivity contribution in [3.05, 3.63) is 58.7 Å². The van der Waals surface area contributed by atoms with Crippen LogP contribution in [0.5, 0.6) is 0 Å². The molecule has 0 aliphatic carbocycles. The van der Waals surface area contributed by atoms with E-state index < -0.39 is 0 Å². The molecule has 118 valence electrons. The molecule has 5 heteroatoms. The van der Waals surface area contributed by atoms with Crippen molar-refractivity contribution in [2.75, 3.05) is 6.61 Å². The third-order valence-corrected chi connectivity index (χ3v) is 3.93. The molecule has 0 bridgehead atoms. The van der Waals surface area contributed by atoms with Gasteiger partial charge in [-0.05, 0) is 61.7 Å². The van der Waals surface area contributed by atoms with Gasteiger partial charge in [0, 0.05) is 0 Å². The predicted molar refractivity (Wildman–Crippen MR) is 88.5 cm³/mol. The molecule has 5 nitrogen and oxygen atoms in total. The van der Waals surface area contributed by atoms with Gasteiger partial charge in [0.1, 0.15) is 5.52 Å². The normalized spacial score (nSPS) is 10.9. The summed E-state index contributed by atoms with van der Waals surface area (Å²) in [6, 6.07) is 11.6. The van der Waals surface area contributed by atoms with Gasteiger partial charge in [-0.25, -0.2) is 9.48 Å². The topological polar surface area (TPSA) is 57.0 Å². The lowest BCUT2D eigenvalue weighted by Gasteiger charge is -2.06. The first-order chi connectivity index (χ1) is 11.1. The Bertz CT molecular complexity index is 851. The molecule has 3 rings (SSSR count). The zero-order valence-electron chi connectivity index (χ0n) is 13.5. The number of carbonyl (C=O) groups is 1. The number of aryl methyl sites for hydroxylation is 2. The Morgan fingerprint density at radius 1 is 1.13 bits per heavy atom. The molecule has 0 fully saturated rings. The van der Waals surface area contributed by atoms with Crippen molar-refractivity contribution in [1.82, 2.24) is 15.0 Å². The van der Waals surface area contributed by atoms with Crippen LogP contribution in [0.15, 0.2) is 36.4 Å². The van der Waals surface area contributed by atoms with Crippen molar-refractivity contribution < 1.29 is 9.53 Å². The van der Waals surface area contributed by atoms with Crippen LogP contribution in [0.2, 0.25) is 0 Å². The number of carbonyl (C=O) groups excluding carboxylic acids is 1. The molecule has 1 heterocycles. The van der Waals surface area contributed by atoms with Gasteiger partial charge >= 0.3 is 5.97 Å². The first-order valence-electron chi connectivity index (χ1n) is 7.65. The van der Waals surface area contributed by atoms with Crippen molar-refractivity contribution in [2.24, 2.45) is 0 Å². The third kappa shape index (κ3) is 3.08. The van der Waals surface area contributed by atoms with E-state index >= 15 is 0 Å². The van der Waals surface area contributed by atoms with Crippen LogP contribution in [0.1, 0.15) is 34.0 Å². The fourth-order valence-electron chi connectivity index (χ4n) is 2.47. The molecule has 0 aliphatic heterocycles. The Morgan fingerprint density at radius 2 is 1.83 bits per heavy atom. The van der Waals surface area contributed by atoms with Crippen molar-refractivity contribution in [2.45, 2.75) is 27.3 Å². The number of esters is 1. The second kappa shape index (κ2) is 6.20. The summed E-state index contributed by atoms with van der Waals surface area (Å²) in [4.78, 5) is 11.7. The van der Waals surface area contributed by atoms with Crippen LogP contribution in [0.4, 0.5) is 0 Å². The highest BCUT2D eigenvalue weighted by molar-refractivity contribution is 5.89. The summed E-state index contributed by atoms with van der Waals surface area (Å²) in [6.07, 6.45) is 0. The molecule has 0 amide bonds. The highest BCUT2D eigenvalue weighted by Crippen LogP contribution is 2.18. The third-order valence-electron chi connectivity index (χ3n) is 3.93. The van der Waals surface area contributed by atoms with E-state index in [1.807, 2.05) is 16.8 Å². The van der Waals surface area contributed by atoms with E-state index in [-0.39, 0.29) is 5.97 Å². The van der Waals surface area contributed by atoms with Gasteiger partial charge in [-0.3, -0.25) is 0 Å². The fourth-order valence-corrected chi connectivity index (χ4v) is 2.47. The summed E-state index contributed by atoms with van der Waals surface area (Å²) in [7, 11) is 0. The van der Waals surface area contributed by atoms with Crippen LogP contribution < -0.4 is 0 Å². The Balaban J connectivity index is 1.85. The molecule has 1 aromatic heterocycles. The Hall–Kier alpha value is -2.69. The average Bonchev–Trinajstić information content (AvgIpc) is 2.91. The van der Waals surface area contributed by atoms with E-state index in [2.05, 4.69) is 36.3 Å². The first kappa shape index (κ1) is 15.2. The molecule has 0 aliphatic rings. The summed E-state index contributed by atoms with van der Waals surface area (Å²) in [5.74, 6) is -0.295. The standard InChI is InChI=1S/C18H19N3O2/c1-4-23-18(22)15-7-5-14(6-8-15)11-21-17-10-13(3)12(2)9-16(17)19-20-21/h5-10H,4,11H2,1-3H3. The SMILES string of the molecule is CCOC(=O)c1ccc(Cn2nnc3cc(C)c(C)cc32)cc1. The van der Waals surface area contributed by atoms with E-state index in [0.717, 1.165) is 16.6 Å². The zero-order chi connectivity index (χ0) is 16.4. The van der Waals surface area contributed by atoms with Gasteiger partial charge in [-0.2, -0.15) is 0 Å². The van der Waals surface area contributed by atoms with Gasteiger partial charge in [-0.15, -0.1) is 5.10 Å². The van der Waals surface area contributed by atoms with Crippen LogP contribution >= 0.6 is 0 Å². The van der Waals surface area contributed by atoms with Gasteiger partial charge in [0.15, 0.2) is 0 Å². The molecule has 0 radical (unpaired) electrons. The van der Waals surface area contributed by atoms with Gasteiger partial charge in [0.05, 0.1) is 24.2 Å². The number of aromatic nitrogens is 3. The van der Waals surface area contributed by atoms with Crippen LogP contribution in [0.3, 0.4) is 0 Å². The number of hydrogen-bond donors (Lipinski definition) is 0. The van der Waals surface area contributed by atoms with Gasteiger partial charge in [0.25, 0.3) is 0 Å². The van der Waals surface area contributed by atoms with Crippen molar-refractivity contribution >= 4 is 17.0 Å². The monoisotopic (exact) mass is 309 g/mol. The number of ether oxygens (including phenoxy) is 1. The fraction of sp³-hybridized carbons (Fsp3) is 0.278. The predicted octanol–water partition coefficient (Wildman–Crippen LogP) is 3.27. The molecule has 0 N–H and O–H groups in total. The van der Waals surface area contributed by atoms with Crippen LogP contribution in [-0.4, -0.2) is 27.6 Å². The van der Waals surface area contributed by atoms with Crippen LogP contribution in [0, 0.1) is 13.8 Å². The first-order valence-corrected chi connectivity index (χ1v) is 7.65. The van der Waals surface area contributed by atoms with E-state index in [1.54, 1.807) is 19.1 Å². The average molecular weight is 309 g/mol. The minimum Gasteiger partial charge on any atom is -0.462 e. The molecule has 0 saturated carbocycles. The van der Waals surface area contributed by atoms with E-state index in [1.165, 1.54) is 11.1 Å². The maximum Gasteiger partial charge on any atom is 0.338 e. The summed E-state index contributed by atoms with van der Waals surface area (Å²) < 4.78 is 6.87. The van der Waals surface area contributed by atoms with E-state index in [0.29, 0.717) is 18.7 Å². The highest BCUT2D eigenvalue weighted by atomic mass is 16.5. The highest BCUT2D eigenvalue weighted by Gasteiger charge is 2.09. The molecule has 2 aromatic carbocycles. The molecule has 0 unspecified atom stereocenters. The molecule has 0 spiro atoms. The Labute approximate surface area is 134 Å². The maximum atomic E-state index is 11.7. The smallest absolute Gasteiger partial charge is 0.338 e.